The van der Waals surface area contributed by atoms with Gasteiger partial charge in [-0.3, -0.25) is 14.6 Å². The van der Waals surface area contributed by atoms with Gasteiger partial charge in [-0.05, 0) is 66.8 Å². The molecule has 1 fully saturated rings. The lowest BCUT2D eigenvalue weighted by molar-refractivity contribution is -0.129. The third kappa shape index (κ3) is 7.18. The Kier molecular flexibility index (Phi) is 9.88. The Hall–Kier alpha value is -3.90. The molecule has 1 saturated heterocycles. The summed E-state index contributed by atoms with van der Waals surface area (Å²) in [4.78, 5) is 33.3. The van der Waals surface area contributed by atoms with Gasteiger partial charge in [0, 0.05) is 48.8 Å². The molecule has 12 heteroatoms. The summed E-state index contributed by atoms with van der Waals surface area (Å²) in [5, 5.41) is 25.9. The number of carbonyl (C=O) groups excluding carboxylic acids is 2. The Morgan fingerprint density at radius 1 is 1.13 bits per heavy atom. The Balaban J connectivity index is 1.32. The van der Waals surface area contributed by atoms with Crippen LogP contribution in [0.1, 0.15) is 62.7 Å². The second kappa shape index (κ2) is 14.1. The summed E-state index contributed by atoms with van der Waals surface area (Å²) in [7, 11) is 0. The van der Waals surface area contributed by atoms with Crippen LogP contribution in [0.5, 0.6) is 0 Å². The van der Waals surface area contributed by atoms with Crippen molar-refractivity contribution < 1.29 is 33.3 Å². The number of amides is 2. The minimum absolute atomic E-state index is 0.147. The molecule has 0 spiro atoms. The number of aliphatic hydroxyl groups is 2. The quantitative estimate of drug-likeness (QED) is 0.244. The Morgan fingerprint density at radius 3 is 2.74 bits per heavy atom. The standard InChI is InChI=1S/C35H37ClF2N4O5/c1-19-3-2-4-30(42-12-10-21(14-32(42)45)33-27(37)8-7-26(36)34(33)38)29-13-20(9-11-39-29)25-6-5-22(15-28(25)41-35(19)46)40-31-17-23(44)16-24(18-43)47-31/h5-9,11,13-15,19,23-24,30-31,40,43-44H,2-4,10,12,16-18H2,1H3,(H,41,46). The van der Waals surface area contributed by atoms with E-state index in [2.05, 4.69) is 15.6 Å². The van der Waals surface area contributed by atoms with Crippen molar-refractivity contribution in [3.8, 4) is 11.1 Å². The van der Waals surface area contributed by atoms with E-state index in [4.69, 9.17) is 16.3 Å². The third-order valence-electron chi connectivity index (χ3n) is 9.13. The average molecular weight is 667 g/mol. The van der Waals surface area contributed by atoms with Gasteiger partial charge < -0.3 is 30.5 Å². The number of halogens is 3. The topological polar surface area (TPSA) is 124 Å². The molecule has 4 N–H and O–H groups in total. The molecule has 5 atom stereocenters. The van der Waals surface area contributed by atoms with Gasteiger partial charge in [0.1, 0.15) is 12.0 Å². The zero-order chi connectivity index (χ0) is 33.2. The van der Waals surface area contributed by atoms with E-state index in [1.807, 2.05) is 37.3 Å². The number of nitrogens with one attached hydrogen (secondary N) is 2. The van der Waals surface area contributed by atoms with Crippen LogP contribution in [-0.2, 0) is 14.3 Å². The average Bonchev–Trinajstić information content (AvgIpc) is 3.05. The lowest BCUT2D eigenvalue weighted by Crippen LogP contribution is -2.41. The van der Waals surface area contributed by atoms with Crippen LogP contribution in [0, 0.1) is 17.6 Å². The van der Waals surface area contributed by atoms with Crippen LogP contribution < -0.4 is 10.6 Å². The van der Waals surface area contributed by atoms with Gasteiger partial charge in [-0.2, -0.15) is 0 Å². The van der Waals surface area contributed by atoms with Crippen LogP contribution in [0.15, 0.2) is 54.7 Å². The largest absolute Gasteiger partial charge is 0.394 e. The molecular weight excluding hydrogens is 630 g/mol. The van der Waals surface area contributed by atoms with Crippen molar-refractivity contribution in [3.05, 3.63) is 82.7 Å². The molecule has 0 aliphatic carbocycles. The number of benzene rings is 2. The predicted octanol–water partition coefficient (Wildman–Crippen LogP) is 6.07. The van der Waals surface area contributed by atoms with Crippen LogP contribution in [-0.4, -0.2) is 63.5 Å². The Labute approximate surface area is 276 Å². The van der Waals surface area contributed by atoms with Crippen molar-refractivity contribution in [1.82, 2.24) is 9.88 Å². The number of aliphatic hydroxyl groups excluding tert-OH is 2. The first kappa shape index (κ1) is 33.0. The number of carbonyl (C=O) groups is 2. The third-order valence-corrected chi connectivity index (χ3v) is 9.42. The normalized spacial score (nSPS) is 25.2. The first-order chi connectivity index (χ1) is 22.6. The molecule has 5 unspecified atom stereocenters. The highest BCUT2D eigenvalue weighted by atomic mass is 35.5. The van der Waals surface area contributed by atoms with E-state index < -0.39 is 36.1 Å². The second-order valence-electron chi connectivity index (χ2n) is 12.4. The summed E-state index contributed by atoms with van der Waals surface area (Å²) < 4.78 is 35.3. The minimum atomic E-state index is -0.887. The number of hydrogen-bond acceptors (Lipinski definition) is 7. The van der Waals surface area contributed by atoms with E-state index >= 15 is 0 Å². The van der Waals surface area contributed by atoms with Gasteiger partial charge >= 0.3 is 0 Å². The number of aromatic nitrogens is 1. The van der Waals surface area contributed by atoms with E-state index in [0.29, 0.717) is 49.2 Å². The monoisotopic (exact) mass is 666 g/mol. The smallest absolute Gasteiger partial charge is 0.247 e. The Morgan fingerprint density at radius 2 is 1.96 bits per heavy atom. The Bertz CT molecular complexity index is 1700. The zero-order valence-corrected chi connectivity index (χ0v) is 26.6. The fourth-order valence-corrected chi connectivity index (χ4v) is 6.78. The summed E-state index contributed by atoms with van der Waals surface area (Å²) >= 11 is 5.92. The van der Waals surface area contributed by atoms with Crippen LogP contribution in [0.25, 0.3) is 16.7 Å². The molecule has 9 nitrogen and oxygen atoms in total. The molecule has 248 valence electrons. The number of hydrogen-bond donors (Lipinski definition) is 4. The molecule has 1 aromatic heterocycles. The highest BCUT2D eigenvalue weighted by molar-refractivity contribution is 6.31. The summed E-state index contributed by atoms with van der Waals surface area (Å²) in [6, 6.07) is 11.1. The highest BCUT2D eigenvalue weighted by Gasteiger charge is 2.32. The molecular formula is C35H37ClF2N4O5. The summed E-state index contributed by atoms with van der Waals surface area (Å²) in [5.74, 6) is -2.52. The molecule has 0 saturated carbocycles. The van der Waals surface area contributed by atoms with Gasteiger partial charge in [0.15, 0.2) is 5.82 Å². The molecule has 3 aromatic rings. The SMILES string of the molecule is CC1CCCC(N2CCC(c3c(F)ccc(Cl)c3F)=CC2=O)c2cc(ccn2)-c2ccc(NC3CC(O)CC(CO)O3)cc2NC1=O. The molecule has 2 amide bonds. The van der Waals surface area contributed by atoms with Crippen molar-refractivity contribution in [1.29, 1.82) is 0 Å². The molecule has 3 aliphatic heterocycles. The first-order valence-electron chi connectivity index (χ1n) is 15.9. The van der Waals surface area contributed by atoms with E-state index in [-0.39, 0.29) is 53.5 Å². The lowest BCUT2D eigenvalue weighted by atomic mass is 9.92. The van der Waals surface area contributed by atoms with E-state index in [1.54, 1.807) is 11.1 Å². The van der Waals surface area contributed by atoms with Gasteiger partial charge in [0.25, 0.3) is 0 Å². The van der Waals surface area contributed by atoms with Crippen molar-refractivity contribution in [2.45, 2.75) is 69.9 Å². The van der Waals surface area contributed by atoms with Crippen molar-refractivity contribution in [3.63, 3.8) is 0 Å². The van der Waals surface area contributed by atoms with Gasteiger partial charge in [0.05, 0.1) is 46.8 Å². The van der Waals surface area contributed by atoms with Crippen LogP contribution in [0.4, 0.5) is 20.2 Å². The van der Waals surface area contributed by atoms with Crippen molar-refractivity contribution in [2.24, 2.45) is 5.92 Å². The van der Waals surface area contributed by atoms with E-state index in [1.165, 1.54) is 6.08 Å². The van der Waals surface area contributed by atoms with Gasteiger partial charge in [-0.25, -0.2) is 8.78 Å². The molecule has 2 aromatic carbocycles. The number of nitrogens with zero attached hydrogens (tertiary/aromatic N) is 2. The lowest BCUT2D eigenvalue weighted by Gasteiger charge is -2.35. The first-order valence-corrected chi connectivity index (χ1v) is 16.3. The molecule has 6 rings (SSSR count). The zero-order valence-electron chi connectivity index (χ0n) is 25.9. The number of ether oxygens (including phenoxy) is 1. The fourth-order valence-electron chi connectivity index (χ4n) is 6.62. The molecule has 47 heavy (non-hydrogen) atoms. The van der Waals surface area contributed by atoms with Gasteiger partial charge in [0.2, 0.25) is 11.8 Å². The van der Waals surface area contributed by atoms with Crippen LogP contribution in [0.2, 0.25) is 5.02 Å². The predicted molar refractivity (Wildman–Crippen MR) is 174 cm³/mol. The summed E-state index contributed by atoms with van der Waals surface area (Å²) in [6.45, 7) is 1.89. The maximum Gasteiger partial charge on any atom is 0.247 e. The van der Waals surface area contributed by atoms with Gasteiger partial charge in [-0.15, -0.1) is 0 Å². The minimum Gasteiger partial charge on any atom is -0.394 e. The van der Waals surface area contributed by atoms with Crippen molar-refractivity contribution >= 4 is 40.4 Å². The highest BCUT2D eigenvalue weighted by Crippen LogP contribution is 2.38. The van der Waals surface area contributed by atoms with Crippen molar-refractivity contribution in [2.75, 3.05) is 23.8 Å². The van der Waals surface area contributed by atoms with E-state index in [0.717, 1.165) is 23.3 Å². The molecule has 3 aliphatic rings. The number of rotatable bonds is 5. The summed E-state index contributed by atoms with van der Waals surface area (Å²) in [6.07, 6.45) is 4.01. The number of pyridine rings is 1. The number of fused-ring (bicyclic) bond motifs is 4. The fraction of sp³-hybridized carbons (Fsp3) is 0.400. The van der Waals surface area contributed by atoms with E-state index in [9.17, 15) is 28.6 Å². The van der Waals surface area contributed by atoms with Crippen LogP contribution >= 0.6 is 11.6 Å². The van der Waals surface area contributed by atoms with Gasteiger partial charge in [-0.1, -0.05) is 31.0 Å². The summed E-state index contributed by atoms with van der Waals surface area (Å²) in [5.41, 5.74) is 3.40. The molecule has 2 bridgehead atoms. The maximum absolute atomic E-state index is 14.8. The maximum atomic E-state index is 14.8. The van der Waals surface area contributed by atoms with Crippen LogP contribution in [0.3, 0.4) is 0 Å². The number of anilines is 2. The molecule has 4 heterocycles. The second-order valence-corrected chi connectivity index (χ2v) is 12.8. The molecule has 0 radical (unpaired) electrons.